The minimum Gasteiger partial charge on any atom is -0.490 e. The highest BCUT2D eigenvalue weighted by molar-refractivity contribution is 9.10. The molecule has 3 rings (SSSR count). The Morgan fingerprint density at radius 3 is 2.60 bits per heavy atom. The standard InChI is InChI=1S/C21H18BrCl2NO3S2/c1-3-7-28-19-14(22)8-12(9-17(19)27-4-2)10-18-20(26)25(21(29)30-18)13-5-6-15(23)16(24)11-13/h5-6,8-11H,3-4,7H2,1-2H3/b18-10+. The molecule has 1 saturated heterocycles. The van der Waals surface area contributed by atoms with Crippen LogP contribution in [0, 0.1) is 0 Å². The number of ether oxygens (including phenoxy) is 2. The molecule has 0 bridgehead atoms. The molecule has 4 nitrogen and oxygen atoms in total. The monoisotopic (exact) mass is 545 g/mol. The SMILES string of the molecule is CCCOc1c(Br)cc(/C=C2/SC(=S)N(c3ccc(Cl)c(Cl)c3)C2=O)cc1OCC. The van der Waals surface area contributed by atoms with Crippen molar-refractivity contribution in [1.82, 2.24) is 0 Å². The van der Waals surface area contributed by atoms with E-state index in [9.17, 15) is 4.79 Å². The van der Waals surface area contributed by atoms with Gasteiger partial charge < -0.3 is 9.47 Å². The van der Waals surface area contributed by atoms with Gasteiger partial charge in [-0.15, -0.1) is 0 Å². The lowest BCUT2D eigenvalue weighted by molar-refractivity contribution is -0.113. The lowest BCUT2D eigenvalue weighted by atomic mass is 10.1. The summed E-state index contributed by atoms with van der Waals surface area (Å²) in [4.78, 5) is 15.0. The zero-order valence-electron chi connectivity index (χ0n) is 16.2. The van der Waals surface area contributed by atoms with Crippen LogP contribution in [-0.4, -0.2) is 23.4 Å². The molecule has 0 saturated carbocycles. The van der Waals surface area contributed by atoms with Crippen molar-refractivity contribution in [2.24, 2.45) is 0 Å². The highest BCUT2D eigenvalue weighted by Gasteiger charge is 2.33. The van der Waals surface area contributed by atoms with Gasteiger partial charge in [-0.1, -0.05) is 54.1 Å². The Kier molecular flexibility index (Phi) is 8.10. The Balaban J connectivity index is 1.94. The van der Waals surface area contributed by atoms with Crippen molar-refractivity contribution in [2.45, 2.75) is 20.3 Å². The number of carbonyl (C=O) groups excluding carboxylic acids is 1. The lowest BCUT2D eigenvalue weighted by Crippen LogP contribution is -2.27. The summed E-state index contributed by atoms with van der Waals surface area (Å²) < 4.78 is 12.7. The molecule has 0 atom stereocenters. The van der Waals surface area contributed by atoms with Crippen molar-refractivity contribution in [2.75, 3.05) is 18.1 Å². The van der Waals surface area contributed by atoms with Crippen molar-refractivity contribution in [3.8, 4) is 11.5 Å². The summed E-state index contributed by atoms with van der Waals surface area (Å²) in [6.45, 7) is 5.03. The number of carbonyl (C=O) groups is 1. The predicted octanol–water partition coefficient (Wildman–Crippen LogP) is 7.35. The average molecular weight is 547 g/mol. The molecule has 0 aliphatic carbocycles. The molecule has 0 spiro atoms. The van der Waals surface area contributed by atoms with Gasteiger partial charge in [-0.2, -0.15) is 0 Å². The molecular weight excluding hydrogens is 529 g/mol. The van der Waals surface area contributed by atoms with Crippen LogP contribution in [0.25, 0.3) is 6.08 Å². The van der Waals surface area contributed by atoms with E-state index in [0.717, 1.165) is 16.5 Å². The minimum absolute atomic E-state index is 0.219. The number of amides is 1. The number of nitrogens with zero attached hydrogens (tertiary/aromatic N) is 1. The summed E-state index contributed by atoms with van der Waals surface area (Å²) in [5.41, 5.74) is 1.37. The fourth-order valence-electron chi connectivity index (χ4n) is 2.74. The first-order valence-corrected chi connectivity index (χ1v) is 11.9. The van der Waals surface area contributed by atoms with Gasteiger partial charge in [-0.25, -0.2) is 0 Å². The van der Waals surface area contributed by atoms with Crippen molar-refractivity contribution in [3.63, 3.8) is 0 Å². The molecule has 158 valence electrons. The van der Waals surface area contributed by atoms with Crippen LogP contribution in [0.15, 0.2) is 39.7 Å². The van der Waals surface area contributed by atoms with Crippen LogP contribution in [0.1, 0.15) is 25.8 Å². The van der Waals surface area contributed by atoms with Crippen LogP contribution >= 0.6 is 63.1 Å². The molecule has 1 amide bonds. The zero-order valence-corrected chi connectivity index (χ0v) is 20.9. The van der Waals surface area contributed by atoms with Gasteiger partial charge in [0, 0.05) is 0 Å². The Morgan fingerprint density at radius 2 is 1.93 bits per heavy atom. The van der Waals surface area contributed by atoms with Gasteiger partial charge in [0.15, 0.2) is 15.8 Å². The van der Waals surface area contributed by atoms with E-state index in [1.807, 2.05) is 26.0 Å². The van der Waals surface area contributed by atoms with Gasteiger partial charge in [0.05, 0.1) is 38.3 Å². The van der Waals surface area contributed by atoms with E-state index in [-0.39, 0.29) is 5.91 Å². The van der Waals surface area contributed by atoms with Crippen molar-refractivity contribution < 1.29 is 14.3 Å². The van der Waals surface area contributed by atoms with Crippen LogP contribution in [0.5, 0.6) is 11.5 Å². The van der Waals surface area contributed by atoms with Crippen LogP contribution in [0.3, 0.4) is 0 Å². The fraction of sp³-hybridized carbons (Fsp3) is 0.238. The number of rotatable bonds is 7. The molecular formula is C21H18BrCl2NO3S2. The molecule has 0 unspecified atom stereocenters. The summed E-state index contributed by atoms with van der Waals surface area (Å²) in [5.74, 6) is 1.05. The number of anilines is 1. The maximum Gasteiger partial charge on any atom is 0.270 e. The zero-order chi connectivity index (χ0) is 21.8. The third-order valence-electron chi connectivity index (χ3n) is 4.04. The van der Waals surface area contributed by atoms with Gasteiger partial charge in [0.25, 0.3) is 5.91 Å². The average Bonchev–Trinajstić information content (AvgIpc) is 2.97. The van der Waals surface area contributed by atoms with Crippen LogP contribution in [0.2, 0.25) is 10.0 Å². The van der Waals surface area contributed by atoms with Crippen LogP contribution in [0.4, 0.5) is 5.69 Å². The molecule has 0 aromatic heterocycles. The second kappa shape index (κ2) is 10.4. The van der Waals surface area contributed by atoms with Gasteiger partial charge in [-0.3, -0.25) is 9.69 Å². The summed E-state index contributed by atoms with van der Waals surface area (Å²) in [5, 5.41) is 0.778. The quantitative estimate of drug-likeness (QED) is 0.268. The predicted molar refractivity (Wildman–Crippen MR) is 133 cm³/mol. The second-order valence-corrected chi connectivity index (χ2v) is 9.57. The largest absolute Gasteiger partial charge is 0.490 e. The van der Waals surface area contributed by atoms with Gasteiger partial charge in [-0.05, 0) is 71.2 Å². The molecule has 30 heavy (non-hydrogen) atoms. The van der Waals surface area contributed by atoms with E-state index < -0.39 is 0 Å². The second-order valence-electron chi connectivity index (χ2n) is 6.23. The van der Waals surface area contributed by atoms with E-state index in [1.165, 1.54) is 16.7 Å². The van der Waals surface area contributed by atoms with Crippen molar-refractivity contribution in [3.05, 3.63) is 55.3 Å². The van der Waals surface area contributed by atoms with E-state index in [0.29, 0.717) is 49.7 Å². The lowest BCUT2D eigenvalue weighted by Gasteiger charge is -2.15. The van der Waals surface area contributed by atoms with Gasteiger partial charge in [0.1, 0.15) is 0 Å². The fourth-order valence-corrected chi connectivity index (χ4v) is 4.91. The molecule has 9 heteroatoms. The Labute approximate surface area is 203 Å². The number of thioether (sulfide) groups is 1. The molecule has 2 aromatic rings. The molecule has 0 N–H and O–H groups in total. The number of hydrogen-bond acceptors (Lipinski definition) is 5. The molecule has 2 aromatic carbocycles. The van der Waals surface area contributed by atoms with Crippen LogP contribution < -0.4 is 14.4 Å². The third-order valence-corrected chi connectivity index (χ3v) is 6.67. The third kappa shape index (κ3) is 5.14. The smallest absolute Gasteiger partial charge is 0.270 e. The molecule has 0 radical (unpaired) electrons. The first kappa shape index (κ1) is 23.4. The molecule has 1 heterocycles. The van der Waals surface area contributed by atoms with E-state index in [2.05, 4.69) is 15.9 Å². The van der Waals surface area contributed by atoms with Crippen LogP contribution in [-0.2, 0) is 4.79 Å². The number of hydrogen-bond donors (Lipinski definition) is 0. The molecule has 1 aliphatic heterocycles. The first-order valence-electron chi connectivity index (χ1n) is 9.17. The summed E-state index contributed by atoms with van der Waals surface area (Å²) in [6.07, 6.45) is 2.67. The number of benzene rings is 2. The van der Waals surface area contributed by atoms with Crippen molar-refractivity contribution >= 4 is 85.1 Å². The van der Waals surface area contributed by atoms with E-state index >= 15 is 0 Å². The van der Waals surface area contributed by atoms with Gasteiger partial charge >= 0.3 is 0 Å². The Hall–Kier alpha value is -1.25. The maximum absolute atomic E-state index is 13.0. The maximum atomic E-state index is 13.0. The van der Waals surface area contributed by atoms with Crippen molar-refractivity contribution in [1.29, 1.82) is 0 Å². The summed E-state index contributed by atoms with van der Waals surface area (Å²) in [7, 11) is 0. The van der Waals surface area contributed by atoms with E-state index in [1.54, 1.807) is 24.3 Å². The summed E-state index contributed by atoms with van der Waals surface area (Å²) in [6, 6.07) is 8.72. The molecule has 1 fully saturated rings. The normalized spacial score (nSPS) is 15.2. The Morgan fingerprint density at radius 1 is 1.17 bits per heavy atom. The van der Waals surface area contributed by atoms with Gasteiger partial charge in [0.2, 0.25) is 0 Å². The van der Waals surface area contributed by atoms with E-state index in [4.69, 9.17) is 44.9 Å². The highest BCUT2D eigenvalue weighted by atomic mass is 79.9. The first-order chi connectivity index (χ1) is 14.3. The number of thiocarbonyl (C=S) groups is 1. The topological polar surface area (TPSA) is 38.8 Å². The highest BCUT2D eigenvalue weighted by Crippen LogP contribution is 2.41. The summed E-state index contributed by atoms with van der Waals surface area (Å²) >= 11 is 22.3. The Bertz CT molecular complexity index is 1030. The minimum atomic E-state index is -0.219. The molecule has 1 aliphatic rings. The number of halogens is 3.